The molecule has 0 atom stereocenters. The Hall–Kier alpha value is -7.72. The number of hydrogen-bond acceptors (Lipinski definition) is 3. The summed E-state index contributed by atoms with van der Waals surface area (Å²) in [5, 5.41) is 3.47. The first kappa shape index (κ1) is 36.4. The van der Waals surface area contributed by atoms with Crippen molar-refractivity contribution in [3.63, 3.8) is 0 Å². The van der Waals surface area contributed by atoms with E-state index in [0.717, 1.165) is 55.3 Å². The first-order valence-corrected chi connectivity index (χ1v) is 21.5. The Morgan fingerprint density at radius 3 is 1.49 bits per heavy atom. The summed E-state index contributed by atoms with van der Waals surface area (Å²) in [5.41, 5.74) is 18.1. The molecule has 11 aromatic rings. The van der Waals surface area contributed by atoms with Crippen LogP contribution in [0.15, 0.2) is 231 Å². The van der Waals surface area contributed by atoms with Gasteiger partial charge < -0.3 is 0 Å². The molecule has 0 unspecified atom stereocenters. The van der Waals surface area contributed by atoms with Crippen LogP contribution in [0.1, 0.15) is 0 Å². The third kappa shape index (κ3) is 7.12. The summed E-state index contributed by atoms with van der Waals surface area (Å²) in [5.74, 6) is 0. The van der Waals surface area contributed by atoms with Crippen molar-refractivity contribution < 1.29 is 0 Å². The Kier molecular flexibility index (Phi) is 9.42. The molecule has 3 heteroatoms. The van der Waals surface area contributed by atoms with Crippen molar-refractivity contribution in [2.45, 2.75) is 0 Å². The zero-order chi connectivity index (χ0) is 40.5. The number of nitrogens with zero attached hydrogens (tertiary/aromatic N) is 2. The molecule has 2 heterocycles. The Morgan fingerprint density at radius 1 is 0.295 bits per heavy atom. The van der Waals surface area contributed by atoms with Crippen LogP contribution in [0.3, 0.4) is 0 Å². The molecule has 9 aromatic carbocycles. The van der Waals surface area contributed by atoms with Crippen LogP contribution in [0.25, 0.3) is 110 Å². The Balaban J connectivity index is 0.952. The fourth-order valence-electron chi connectivity index (χ4n) is 8.46. The van der Waals surface area contributed by atoms with E-state index in [1.165, 1.54) is 54.4 Å². The predicted octanol–water partition coefficient (Wildman–Crippen LogP) is 16.2. The number of thiazole rings is 1. The average molecular weight is 795 g/mol. The number of fused-ring (bicyclic) bond motifs is 2. The van der Waals surface area contributed by atoms with Crippen LogP contribution in [0, 0.1) is 0 Å². The lowest BCUT2D eigenvalue weighted by atomic mass is 9.88. The molecule has 2 aromatic heterocycles. The summed E-state index contributed by atoms with van der Waals surface area (Å²) in [6, 6.07) is 82.4. The first-order chi connectivity index (χ1) is 30.2. The minimum atomic E-state index is 0.948. The average Bonchev–Trinajstić information content (AvgIpc) is 3.78. The molecule has 0 aliphatic rings. The van der Waals surface area contributed by atoms with Crippen molar-refractivity contribution in [3.8, 4) is 88.7 Å². The topological polar surface area (TPSA) is 25.8 Å². The third-order valence-electron chi connectivity index (χ3n) is 11.6. The molecule has 0 spiro atoms. The molecule has 0 fully saturated rings. The van der Waals surface area contributed by atoms with Crippen LogP contribution in [0.4, 0.5) is 0 Å². The summed E-state index contributed by atoms with van der Waals surface area (Å²) >= 11 is 1.75. The molecule has 0 N–H and O–H groups in total. The maximum Gasteiger partial charge on any atom is 0.125 e. The molecule has 0 saturated heterocycles. The standard InChI is InChI=1S/C58H38N2S/c1-4-14-39(15-5-1)47-33-35-53-56(38-47)61-58(60-53)52-23-13-12-21-49(52)42-26-30-46(31-27-42)57-50-22-11-10-18-41(50)32-34-51(57)43-24-28-45(29-25-43)55-37-48(40-16-6-2-7-17-40)36-54(59-55)44-19-8-3-9-20-44/h1-38H. The fourth-order valence-corrected chi connectivity index (χ4v) is 9.51. The van der Waals surface area contributed by atoms with E-state index in [0.29, 0.717) is 0 Å². The minimum Gasteiger partial charge on any atom is -0.248 e. The monoisotopic (exact) mass is 794 g/mol. The smallest absolute Gasteiger partial charge is 0.125 e. The highest BCUT2D eigenvalue weighted by Gasteiger charge is 2.16. The van der Waals surface area contributed by atoms with E-state index in [9.17, 15) is 0 Å². The fraction of sp³-hybridized carbons (Fsp3) is 0. The summed E-state index contributed by atoms with van der Waals surface area (Å²) in [7, 11) is 0. The SMILES string of the molecule is c1ccc(-c2cc(-c3ccccc3)nc(-c3ccc(-c4ccc5ccccc5c4-c4ccc(-c5ccccc5-c5nc6ccc(-c7ccccc7)cc6s5)cc4)cc3)c2)cc1. The van der Waals surface area contributed by atoms with Crippen molar-refractivity contribution in [1.82, 2.24) is 9.97 Å². The molecule has 0 saturated carbocycles. The quantitative estimate of drug-likeness (QED) is 0.153. The Morgan fingerprint density at radius 2 is 0.803 bits per heavy atom. The van der Waals surface area contributed by atoms with E-state index in [1.54, 1.807) is 11.3 Å². The van der Waals surface area contributed by atoms with Gasteiger partial charge in [-0.2, -0.15) is 0 Å². The Labute approximate surface area is 359 Å². The van der Waals surface area contributed by atoms with E-state index in [4.69, 9.17) is 9.97 Å². The van der Waals surface area contributed by atoms with Crippen LogP contribution < -0.4 is 0 Å². The molecule has 61 heavy (non-hydrogen) atoms. The third-order valence-corrected chi connectivity index (χ3v) is 12.6. The molecule has 286 valence electrons. The second-order valence-electron chi connectivity index (χ2n) is 15.3. The molecular formula is C58H38N2S. The Bertz CT molecular complexity index is 3260. The van der Waals surface area contributed by atoms with Crippen LogP contribution in [0.2, 0.25) is 0 Å². The number of pyridine rings is 1. The van der Waals surface area contributed by atoms with E-state index in [-0.39, 0.29) is 0 Å². The molecule has 2 nitrogen and oxygen atoms in total. The molecule has 0 aliphatic carbocycles. The lowest BCUT2D eigenvalue weighted by molar-refractivity contribution is 1.32. The maximum absolute atomic E-state index is 5.19. The second kappa shape index (κ2) is 15.8. The largest absolute Gasteiger partial charge is 0.248 e. The minimum absolute atomic E-state index is 0.948. The van der Waals surface area contributed by atoms with Crippen LogP contribution in [0.5, 0.6) is 0 Å². The summed E-state index contributed by atoms with van der Waals surface area (Å²) < 4.78 is 1.19. The van der Waals surface area contributed by atoms with Gasteiger partial charge in [0.1, 0.15) is 5.01 Å². The van der Waals surface area contributed by atoms with Crippen molar-refractivity contribution in [1.29, 1.82) is 0 Å². The molecular weight excluding hydrogens is 757 g/mol. The summed E-state index contributed by atoms with van der Waals surface area (Å²) in [6.45, 7) is 0. The van der Waals surface area contributed by atoms with Crippen molar-refractivity contribution in [3.05, 3.63) is 231 Å². The second-order valence-corrected chi connectivity index (χ2v) is 16.4. The highest BCUT2D eigenvalue weighted by atomic mass is 32.1. The molecule has 0 aliphatic heterocycles. The lowest BCUT2D eigenvalue weighted by Gasteiger charge is -2.16. The van der Waals surface area contributed by atoms with Gasteiger partial charge in [0, 0.05) is 16.7 Å². The predicted molar refractivity (Wildman–Crippen MR) is 258 cm³/mol. The normalized spacial score (nSPS) is 11.3. The van der Waals surface area contributed by atoms with Gasteiger partial charge in [0.25, 0.3) is 0 Å². The van der Waals surface area contributed by atoms with Gasteiger partial charge in [-0.3, -0.25) is 0 Å². The van der Waals surface area contributed by atoms with Gasteiger partial charge in [0.05, 0.1) is 21.6 Å². The van der Waals surface area contributed by atoms with E-state index >= 15 is 0 Å². The van der Waals surface area contributed by atoms with Gasteiger partial charge >= 0.3 is 0 Å². The zero-order valence-electron chi connectivity index (χ0n) is 33.2. The van der Waals surface area contributed by atoms with Gasteiger partial charge in [-0.05, 0) is 90.7 Å². The first-order valence-electron chi connectivity index (χ1n) is 20.6. The molecule has 11 rings (SSSR count). The van der Waals surface area contributed by atoms with Crippen molar-refractivity contribution in [2.75, 3.05) is 0 Å². The van der Waals surface area contributed by atoms with E-state index in [2.05, 4.69) is 224 Å². The zero-order valence-corrected chi connectivity index (χ0v) is 34.1. The molecule has 0 bridgehead atoms. The number of hydrogen-bond donors (Lipinski definition) is 0. The molecule has 0 radical (unpaired) electrons. The van der Waals surface area contributed by atoms with Crippen LogP contribution in [-0.2, 0) is 0 Å². The summed E-state index contributed by atoms with van der Waals surface area (Å²) in [6.07, 6.45) is 0. The maximum atomic E-state index is 5.19. The van der Waals surface area contributed by atoms with Gasteiger partial charge in [-0.25, -0.2) is 9.97 Å². The van der Waals surface area contributed by atoms with E-state index in [1.807, 2.05) is 6.07 Å². The number of benzene rings is 9. The van der Waals surface area contributed by atoms with Gasteiger partial charge in [0.2, 0.25) is 0 Å². The van der Waals surface area contributed by atoms with Crippen LogP contribution in [-0.4, -0.2) is 9.97 Å². The van der Waals surface area contributed by atoms with Crippen molar-refractivity contribution in [2.24, 2.45) is 0 Å². The summed E-state index contributed by atoms with van der Waals surface area (Å²) in [4.78, 5) is 10.3. The lowest BCUT2D eigenvalue weighted by Crippen LogP contribution is -1.92. The molecule has 0 amide bonds. The highest BCUT2D eigenvalue weighted by molar-refractivity contribution is 7.21. The van der Waals surface area contributed by atoms with Gasteiger partial charge in [0.15, 0.2) is 0 Å². The number of rotatable bonds is 8. The van der Waals surface area contributed by atoms with Gasteiger partial charge in [-0.15, -0.1) is 11.3 Å². The van der Waals surface area contributed by atoms with E-state index < -0.39 is 0 Å². The van der Waals surface area contributed by atoms with Gasteiger partial charge in [-0.1, -0.05) is 206 Å². The van der Waals surface area contributed by atoms with Crippen LogP contribution >= 0.6 is 11.3 Å². The van der Waals surface area contributed by atoms with Crippen molar-refractivity contribution >= 4 is 32.3 Å². The highest BCUT2D eigenvalue weighted by Crippen LogP contribution is 2.42. The number of aromatic nitrogens is 2.